The summed E-state index contributed by atoms with van der Waals surface area (Å²) in [5, 5.41) is 7.70. The van der Waals surface area contributed by atoms with Crippen molar-refractivity contribution in [2.45, 2.75) is 0 Å². The zero-order valence-corrected chi connectivity index (χ0v) is 18.1. The summed E-state index contributed by atoms with van der Waals surface area (Å²) in [6.45, 7) is 0. The van der Waals surface area contributed by atoms with Crippen molar-refractivity contribution in [3.63, 3.8) is 0 Å². The van der Waals surface area contributed by atoms with E-state index in [0.717, 1.165) is 4.47 Å². The first kappa shape index (κ1) is 17.2. The molecule has 0 atom stereocenters. The number of rotatable bonds is 1. The van der Waals surface area contributed by atoms with Crippen LogP contribution in [0.1, 0.15) is 0 Å². The number of H-pyrrole nitrogens is 1. The Balaban J connectivity index is 1.81. The van der Waals surface area contributed by atoms with Gasteiger partial charge in [-0.15, -0.1) is 0 Å². The Morgan fingerprint density at radius 2 is 1.35 bits per heavy atom. The molecule has 0 amide bonds. The Bertz CT molecular complexity index is 1790. The lowest BCUT2D eigenvalue weighted by Gasteiger charge is -2.08. The highest BCUT2D eigenvalue weighted by Crippen LogP contribution is 2.42. The molecular weight excluding hydrogens is 444 g/mol. The summed E-state index contributed by atoms with van der Waals surface area (Å²) in [6.07, 6.45) is 0. The van der Waals surface area contributed by atoms with Crippen molar-refractivity contribution in [1.82, 2.24) is 9.55 Å². The van der Waals surface area contributed by atoms with Crippen molar-refractivity contribution in [2.75, 3.05) is 0 Å². The van der Waals surface area contributed by atoms with Gasteiger partial charge in [0.15, 0.2) is 0 Å². The van der Waals surface area contributed by atoms with Gasteiger partial charge in [-0.25, -0.2) is 0 Å². The Labute approximate surface area is 186 Å². The van der Waals surface area contributed by atoms with Gasteiger partial charge in [-0.1, -0.05) is 64.5 Å². The standard InChI is InChI=1S/C28H17BrN2/c29-18-12-15-24-21(16-18)28-25(31(24)19-6-2-1-3-7-19)14-11-17-10-13-23-27(26(17)28)20-8-4-5-9-22(20)30-23/h1-16,30H. The summed E-state index contributed by atoms with van der Waals surface area (Å²) >= 11 is 3.71. The Kier molecular flexibility index (Phi) is 3.44. The zero-order chi connectivity index (χ0) is 20.5. The van der Waals surface area contributed by atoms with E-state index in [-0.39, 0.29) is 0 Å². The van der Waals surface area contributed by atoms with Gasteiger partial charge < -0.3 is 9.55 Å². The van der Waals surface area contributed by atoms with Crippen LogP contribution >= 0.6 is 15.9 Å². The topological polar surface area (TPSA) is 20.7 Å². The number of nitrogens with zero attached hydrogens (tertiary/aromatic N) is 1. The Hall–Kier alpha value is -3.56. The van der Waals surface area contributed by atoms with Crippen molar-refractivity contribution in [3.05, 3.63) is 102 Å². The molecule has 0 fully saturated rings. The highest BCUT2D eigenvalue weighted by molar-refractivity contribution is 9.10. The number of aromatic amines is 1. The predicted molar refractivity (Wildman–Crippen MR) is 135 cm³/mol. The van der Waals surface area contributed by atoms with Gasteiger partial charge in [0.1, 0.15) is 0 Å². The minimum Gasteiger partial charge on any atom is -0.354 e. The lowest BCUT2D eigenvalue weighted by molar-refractivity contribution is 1.18. The molecule has 2 aromatic heterocycles. The molecule has 0 bridgehead atoms. The molecule has 0 radical (unpaired) electrons. The molecule has 7 rings (SSSR count). The van der Waals surface area contributed by atoms with Crippen molar-refractivity contribution in [2.24, 2.45) is 0 Å². The SMILES string of the molecule is Brc1ccc2c(c1)c1c3c(ccc4[nH]c5ccccc5c43)ccc1n2-c1ccccc1. The maximum absolute atomic E-state index is 3.71. The van der Waals surface area contributed by atoms with Gasteiger partial charge in [-0.3, -0.25) is 0 Å². The average molecular weight is 461 g/mol. The van der Waals surface area contributed by atoms with Gasteiger partial charge in [-0.2, -0.15) is 0 Å². The van der Waals surface area contributed by atoms with Gasteiger partial charge in [0, 0.05) is 48.1 Å². The molecule has 2 nitrogen and oxygen atoms in total. The first-order chi connectivity index (χ1) is 15.3. The van der Waals surface area contributed by atoms with Gasteiger partial charge in [0.05, 0.1) is 11.0 Å². The second kappa shape index (κ2) is 6.22. The van der Waals surface area contributed by atoms with Crippen molar-refractivity contribution >= 4 is 70.3 Å². The molecule has 5 aromatic carbocycles. The molecule has 0 aliphatic rings. The molecule has 0 saturated heterocycles. The molecular formula is C28H17BrN2. The number of para-hydroxylation sites is 2. The molecule has 0 spiro atoms. The van der Waals surface area contributed by atoms with E-state index >= 15 is 0 Å². The van der Waals surface area contributed by atoms with Crippen LogP contribution in [-0.2, 0) is 0 Å². The van der Waals surface area contributed by atoms with Crippen LogP contribution in [0.5, 0.6) is 0 Å². The third-order valence-electron chi connectivity index (χ3n) is 6.35. The fourth-order valence-corrected chi connectivity index (χ4v) is 5.45. The smallest absolute Gasteiger partial charge is 0.0547 e. The molecule has 0 aliphatic heterocycles. The summed E-state index contributed by atoms with van der Waals surface area (Å²) in [7, 11) is 0. The first-order valence-electron chi connectivity index (χ1n) is 10.4. The van der Waals surface area contributed by atoms with Crippen LogP contribution in [0.3, 0.4) is 0 Å². The van der Waals surface area contributed by atoms with Crippen LogP contribution in [0.25, 0.3) is 60.1 Å². The Morgan fingerprint density at radius 1 is 0.581 bits per heavy atom. The molecule has 3 heteroatoms. The molecule has 0 aliphatic carbocycles. The molecule has 1 N–H and O–H groups in total. The van der Waals surface area contributed by atoms with Crippen molar-refractivity contribution in [1.29, 1.82) is 0 Å². The second-order valence-electron chi connectivity index (χ2n) is 8.05. The number of fused-ring (bicyclic) bond motifs is 9. The number of hydrogen-bond acceptors (Lipinski definition) is 0. The lowest BCUT2D eigenvalue weighted by Crippen LogP contribution is -1.92. The van der Waals surface area contributed by atoms with Crippen LogP contribution in [0, 0.1) is 0 Å². The zero-order valence-electron chi connectivity index (χ0n) is 16.6. The average Bonchev–Trinajstić information content (AvgIpc) is 3.35. The molecule has 146 valence electrons. The van der Waals surface area contributed by atoms with Crippen molar-refractivity contribution in [3.8, 4) is 5.69 Å². The predicted octanol–water partition coefficient (Wildman–Crippen LogP) is 8.33. The number of aromatic nitrogens is 2. The summed E-state index contributed by atoms with van der Waals surface area (Å²) < 4.78 is 3.47. The van der Waals surface area contributed by atoms with E-state index in [9.17, 15) is 0 Å². The third kappa shape index (κ3) is 2.32. The quantitative estimate of drug-likeness (QED) is 0.254. The molecule has 7 aromatic rings. The maximum atomic E-state index is 3.71. The fourth-order valence-electron chi connectivity index (χ4n) is 5.09. The van der Waals surface area contributed by atoms with E-state index in [1.165, 1.54) is 60.1 Å². The monoisotopic (exact) mass is 460 g/mol. The van der Waals surface area contributed by atoms with E-state index in [2.05, 4.69) is 123 Å². The normalized spacial score (nSPS) is 12.0. The minimum atomic E-state index is 1.09. The van der Waals surface area contributed by atoms with Crippen LogP contribution in [0.15, 0.2) is 102 Å². The number of nitrogens with one attached hydrogen (secondary N) is 1. The minimum absolute atomic E-state index is 1.09. The number of halogens is 1. The van der Waals surface area contributed by atoms with Crippen molar-refractivity contribution < 1.29 is 0 Å². The summed E-state index contributed by atoms with van der Waals surface area (Å²) in [5.41, 5.74) is 5.97. The lowest BCUT2D eigenvalue weighted by atomic mass is 9.98. The summed E-state index contributed by atoms with van der Waals surface area (Å²) in [6, 6.07) is 34.8. The third-order valence-corrected chi connectivity index (χ3v) is 6.85. The molecule has 31 heavy (non-hydrogen) atoms. The van der Waals surface area contributed by atoms with E-state index in [4.69, 9.17) is 0 Å². The van der Waals surface area contributed by atoms with Crippen LogP contribution in [0.4, 0.5) is 0 Å². The second-order valence-corrected chi connectivity index (χ2v) is 8.96. The molecule has 0 saturated carbocycles. The first-order valence-corrected chi connectivity index (χ1v) is 11.2. The van der Waals surface area contributed by atoms with Gasteiger partial charge in [0.2, 0.25) is 0 Å². The van der Waals surface area contributed by atoms with Gasteiger partial charge in [0.25, 0.3) is 0 Å². The van der Waals surface area contributed by atoms with Crippen LogP contribution in [-0.4, -0.2) is 9.55 Å². The summed E-state index contributed by atoms with van der Waals surface area (Å²) in [4.78, 5) is 3.62. The van der Waals surface area contributed by atoms with E-state index in [0.29, 0.717) is 0 Å². The maximum Gasteiger partial charge on any atom is 0.0547 e. The highest BCUT2D eigenvalue weighted by Gasteiger charge is 2.18. The van der Waals surface area contributed by atoms with E-state index < -0.39 is 0 Å². The van der Waals surface area contributed by atoms with E-state index in [1.807, 2.05) is 0 Å². The number of hydrogen-bond donors (Lipinski definition) is 1. The Morgan fingerprint density at radius 3 is 2.26 bits per heavy atom. The highest BCUT2D eigenvalue weighted by atomic mass is 79.9. The fraction of sp³-hybridized carbons (Fsp3) is 0. The molecule has 0 unspecified atom stereocenters. The van der Waals surface area contributed by atoms with Crippen LogP contribution in [0.2, 0.25) is 0 Å². The largest absolute Gasteiger partial charge is 0.354 e. The van der Waals surface area contributed by atoms with Gasteiger partial charge >= 0.3 is 0 Å². The van der Waals surface area contributed by atoms with E-state index in [1.54, 1.807) is 0 Å². The number of benzene rings is 5. The summed E-state index contributed by atoms with van der Waals surface area (Å²) in [5.74, 6) is 0. The van der Waals surface area contributed by atoms with Gasteiger partial charge in [-0.05, 0) is 53.9 Å². The molecule has 2 heterocycles. The van der Waals surface area contributed by atoms with Crippen LogP contribution < -0.4 is 0 Å².